The predicted octanol–water partition coefficient (Wildman–Crippen LogP) is 2.26. The van der Waals surface area contributed by atoms with Crippen LogP contribution >= 0.6 is 0 Å². The van der Waals surface area contributed by atoms with Crippen LogP contribution in [0.3, 0.4) is 0 Å². The molecular formula is C21H30N4O2. The molecule has 1 N–H and O–H groups in total. The van der Waals surface area contributed by atoms with Crippen molar-refractivity contribution >= 4 is 5.91 Å². The van der Waals surface area contributed by atoms with Gasteiger partial charge in [0.05, 0.1) is 31.0 Å². The summed E-state index contributed by atoms with van der Waals surface area (Å²) in [5.41, 5.74) is 3.84. The van der Waals surface area contributed by atoms with Gasteiger partial charge in [-0.15, -0.1) is 0 Å². The molecule has 1 fully saturated rings. The van der Waals surface area contributed by atoms with Crippen molar-refractivity contribution in [3.05, 3.63) is 47.3 Å². The van der Waals surface area contributed by atoms with Gasteiger partial charge in [-0.25, -0.2) is 4.68 Å². The Bertz CT molecular complexity index is 777. The molecule has 1 aromatic heterocycles. The Kier molecular flexibility index (Phi) is 5.97. The van der Waals surface area contributed by atoms with E-state index in [2.05, 4.69) is 29.2 Å². The molecule has 6 heteroatoms. The van der Waals surface area contributed by atoms with Gasteiger partial charge in [-0.1, -0.05) is 18.2 Å². The highest BCUT2D eigenvalue weighted by molar-refractivity contribution is 5.79. The number of rotatable bonds is 6. The van der Waals surface area contributed by atoms with Crippen LogP contribution in [0.2, 0.25) is 0 Å². The Morgan fingerprint density at radius 3 is 2.52 bits per heavy atom. The fraction of sp³-hybridized carbons (Fsp3) is 0.524. The standard InChI is InChI=1S/C21H30N4O2/c1-16-19(17(2)25(23-16)18-8-6-5-7-9-18)14-20(26)22-15-21(3,4)24-10-12-27-13-11-24/h5-9H,10-15H2,1-4H3,(H,22,26). The van der Waals surface area contributed by atoms with Crippen molar-refractivity contribution < 1.29 is 9.53 Å². The highest BCUT2D eigenvalue weighted by Crippen LogP contribution is 2.19. The van der Waals surface area contributed by atoms with Crippen LogP contribution in [-0.4, -0.2) is 59.0 Å². The molecule has 2 aromatic rings. The molecule has 1 saturated heterocycles. The minimum atomic E-state index is -0.0856. The Hall–Kier alpha value is -2.18. The molecule has 0 saturated carbocycles. The molecule has 1 aromatic carbocycles. The van der Waals surface area contributed by atoms with Gasteiger partial charge in [0, 0.05) is 36.4 Å². The summed E-state index contributed by atoms with van der Waals surface area (Å²) >= 11 is 0. The number of hydrogen-bond donors (Lipinski definition) is 1. The van der Waals surface area contributed by atoms with Gasteiger partial charge in [-0.05, 0) is 39.8 Å². The predicted molar refractivity (Wildman–Crippen MR) is 106 cm³/mol. The normalized spacial score (nSPS) is 15.7. The van der Waals surface area contributed by atoms with Crippen molar-refractivity contribution in [3.8, 4) is 5.69 Å². The topological polar surface area (TPSA) is 59.4 Å². The number of morpholine rings is 1. The summed E-state index contributed by atoms with van der Waals surface area (Å²) in [5.74, 6) is 0.0372. The molecule has 0 aliphatic carbocycles. The van der Waals surface area contributed by atoms with Crippen molar-refractivity contribution in [2.45, 2.75) is 39.7 Å². The fourth-order valence-corrected chi connectivity index (χ4v) is 3.57. The van der Waals surface area contributed by atoms with Crippen LogP contribution in [0, 0.1) is 13.8 Å². The molecule has 1 aliphatic heterocycles. The van der Waals surface area contributed by atoms with Gasteiger partial charge in [0.15, 0.2) is 0 Å². The number of aromatic nitrogens is 2. The van der Waals surface area contributed by atoms with Crippen molar-refractivity contribution in [2.75, 3.05) is 32.8 Å². The number of aryl methyl sites for hydroxylation is 1. The van der Waals surface area contributed by atoms with Crippen molar-refractivity contribution in [1.82, 2.24) is 20.0 Å². The number of nitrogens with zero attached hydrogens (tertiary/aromatic N) is 3. The monoisotopic (exact) mass is 370 g/mol. The zero-order valence-corrected chi connectivity index (χ0v) is 16.8. The Labute approximate surface area is 161 Å². The third-order valence-corrected chi connectivity index (χ3v) is 5.36. The quantitative estimate of drug-likeness (QED) is 0.847. The van der Waals surface area contributed by atoms with Crippen molar-refractivity contribution in [3.63, 3.8) is 0 Å². The van der Waals surface area contributed by atoms with Crippen molar-refractivity contribution in [1.29, 1.82) is 0 Å². The van der Waals surface area contributed by atoms with E-state index in [4.69, 9.17) is 4.74 Å². The van der Waals surface area contributed by atoms with Crippen LogP contribution in [0.5, 0.6) is 0 Å². The first-order chi connectivity index (χ1) is 12.9. The molecule has 0 radical (unpaired) electrons. The number of nitrogens with one attached hydrogen (secondary N) is 1. The highest BCUT2D eigenvalue weighted by atomic mass is 16.5. The zero-order valence-electron chi connectivity index (χ0n) is 16.8. The summed E-state index contributed by atoms with van der Waals surface area (Å²) < 4.78 is 7.34. The molecule has 6 nitrogen and oxygen atoms in total. The zero-order chi connectivity index (χ0) is 19.4. The lowest BCUT2D eigenvalue weighted by Crippen LogP contribution is -2.55. The van der Waals surface area contributed by atoms with Gasteiger partial charge in [0.2, 0.25) is 5.91 Å². The van der Waals surface area contributed by atoms with Crippen LogP contribution in [0.4, 0.5) is 0 Å². The van der Waals surface area contributed by atoms with E-state index in [0.717, 1.165) is 48.9 Å². The number of para-hydroxylation sites is 1. The van der Waals surface area contributed by atoms with Gasteiger partial charge in [0.25, 0.3) is 0 Å². The molecule has 146 valence electrons. The third kappa shape index (κ3) is 4.57. The van der Waals surface area contributed by atoms with E-state index in [0.29, 0.717) is 13.0 Å². The molecule has 27 heavy (non-hydrogen) atoms. The van der Waals surface area contributed by atoms with E-state index in [-0.39, 0.29) is 11.4 Å². The second-order valence-electron chi connectivity index (χ2n) is 7.76. The largest absolute Gasteiger partial charge is 0.379 e. The second-order valence-corrected chi connectivity index (χ2v) is 7.76. The molecule has 0 atom stereocenters. The van der Waals surface area contributed by atoms with Crippen molar-refractivity contribution in [2.24, 2.45) is 0 Å². The van der Waals surface area contributed by atoms with E-state index in [9.17, 15) is 4.79 Å². The van der Waals surface area contributed by atoms with E-state index >= 15 is 0 Å². The lowest BCUT2D eigenvalue weighted by molar-refractivity contribution is -0.121. The average molecular weight is 370 g/mol. The maximum atomic E-state index is 12.6. The van der Waals surface area contributed by atoms with Gasteiger partial charge in [-0.3, -0.25) is 9.69 Å². The molecule has 1 amide bonds. The smallest absolute Gasteiger partial charge is 0.224 e. The number of benzene rings is 1. The molecule has 0 unspecified atom stereocenters. The van der Waals surface area contributed by atoms with Crippen LogP contribution in [-0.2, 0) is 16.0 Å². The molecule has 3 rings (SSSR count). The minimum Gasteiger partial charge on any atom is -0.379 e. The molecule has 0 spiro atoms. The maximum absolute atomic E-state index is 12.6. The highest BCUT2D eigenvalue weighted by Gasteiger charge is 2.28. The van der Waals surface area contributed by atoms with Gasteiger partial charge in [-0.2, -0.15) is 5.10 Å². The molecular weight excluding hydrogens is 340 g/mol. The van der Waals surface area contributed by atoms with Gasteiger partial charge >= 0.3 is 0 Å². The number of carbonyl (C=O) groups is 1. The number of hydrogen-bond acceptors (Lipinski definition) is 4. The fourth-order valence-electron chi connectivity index (χ4n) is 3.57. The third-order valence-electron chi connectivity index (χ3n) is 5.36. The summed E-state index contributed by atoms with van der Waals surface area (Å²) in [6.07, 6.45) is 0.351. The van der Waals surface area contributed by atoms with Crippen LogP contribution in [0.1, 0.15) is 30.8 Å². The Balaban J connectivity index is 1.63. The van der Waals surface area contributed by atoms with Gasteiger partial charge in [0.1, 0.15) is 0 Å². The lowest BCUT2D eigenvalue weighted by atomic mass is 10.0. The Morgan fingerprint density at radius 2 is 1.85 bits per heavy atom. The number of ether oxygens (including phenoxy) is 1. The second kappa shape index (κ2) is 8.23. The molecule has 0 bridgehead atoms. The SMILES string of the molecule is Cc1nn(-c2ccccc2)c(C)c1CC(=O)NCC(C)(C)N1CCOCC1. The number of carbonyl (C=O) groups excluding carboxylic acids is 1. The average Bonchev–Trinajstić information content (AvgIpc) is 2.96. The van der Waals surface area contributed by atoms with E-state index in [1.165, 1.54) is 0 Å². The molecule has 2 heterocycles. The van der Waals surface area contributed by atoms with E-state index < -0.39 is 0 Å². The first-order valence-corrected chi connectivity index (χ1v) is 9.58. The lowest BCUT2D eigenvalue weighted by Gasteiger charge is -2.40. The first-order valence-electron chi connectivity index (χ1n) is 9.58. The van der Waals surface area contributed by atoms with Crippen LogP contribution in [0.25, 0.3) is 5.69 Å². The maximum Gasteiger partial charge on any atom is 0.224 e. The van der Waals surface area contributed by atoms with E-state index in [1.807, 2.05) is 48.9 Å². The Morgan fingerprint density at radius 1 is 1.19 bits per heavy atom. The van der Waals surface area contributed by atoms with Gasteiger partial charge < -0.3 is 10.1 Å². The summed E-state index contributed by atoms with van der Waals surface area (Å²) in [6, 6.07) is 10.0. The number of amides is 1. The van der Waals surface area contributed by atoms with Crippen LogP contribution < -0.4 is 5.32 Å². The first kappa shape index (κ1) is 19.6. The van der Waals surface area contributed by atoms with E-state index in [1.54, 1.807) is 0 Å². The summed E-state index contributed by atoms with van der Waals surface area (Å²) in [6.45, 7) is 12.3. The minimum absolute atomic E-state index is 0.0372. The summed E-state index contributed by atoms with van der Waals surface area (Å²) in [4.78, 5) is 15.0. The van der Waals surface area contributed by atoms with Crippen LogP contribution in [0.15, 0.2) is 30.3 Å². The summed E-state index contributed by atoms with van der Waals surface area (Å²) in [5, 5.41) is 7.74. The summed E-state index contributed by atoms with van der Waals surface area (Å²) in [7, 11) is 0. The molecule has 1 aliphatic rings.